The smallest absolute Gasteiger partial charge is 0.302 e. The van der Waals surface area contributed by atoms with Crippen molar-refractivity contribution >= 4 is 11.9 Å². The lowest BCUT2D eigenvalue weighted by Crippen LogP contribution is -2.68. The van der Waals surface area contributed by atoms with E-state index in [1.54, 1.807) is 13.8 Å². The van der Waals surface area contributed by atoms with Crippen molar-refractivity contribution in [3.05, 3.63) is 12.2 Å². The summed E-state index contributed by atoms with van der Waals surface area (Å²) in [7, 11) is 0. The molecule has 0 aromatic heterocycles. The fourth-order valence-corrected chi connectivity index (χ4v) is 12.2. The SMILES string of the molecule is C=C(C)[C@@H]1CC[C@]2(C)CC[C@]3(COC(C)=O)[C@@H](CC[C@@H]4[C@@]5(C)CC[C@@H](OC(C)=O)C(C)(C)[C@@H]5CC[C@]43C)[C@@H]12. The highest BCUT2D eigenvalue weighted by molar-refractivity contribution is 5.66. The first-order valence-electron chi connectivity index (χ1n) is 15.6. The van der Waals surface area contributed by atoms with E-state index >= 15 is 0 Å². The highest BCUT2D eigenvalue weighted by atomic mass is 16.5. The molecule has 5 aliphatic carbocycles. The van der Waals surface area contributed by atoms with Crippen LogP contribution in [0.25, 0.3) is 0 Å². The first-order chi connectivity index (χ1) is 17.6. The van der Waals surface area contributed by atoms with Crippen LogP contribution in [0.2, 0.25) is 0 Å². The zero-order chi connectivity index (χ0) is 27.9. The van der Waals surface area contributed by atoms with Gasteiger partial charge in [-0.25, -0.2) is 0 Å². The molecule has 0 heterocycles. The van der Waals surface area contributed by atoms with Crippen LogP contribution in [0.3, 0.4) is 0 Å². The van der Waals surface area contributed by atoms with Crippen LogP contribution >= 0.6 is 0 Å². The molecule has 214 valence electrons. The zero-order valence-electron chi connectivity index (χ0n) is 25.6. The van der Waals surface area contributed by atoms with Gasteiger partial charge in [0, 0.05) is 24.7 Å². The summed E-state index contributed by atoms with van der Waals surface area (Å²) < 4.78 is 12.0. The maximum Gasteiger partial charge on any atom is 0.302 e. The molecule has 0 saturated heterocycles. The first-order valence-corrected chi connectivity index (χ1v) is 15.6. The third kappa shape index (κ3) is 3.80. The first kappa shape index (κ1) is 28.2. The molecule has 38 heavy (non-hydrogen) atoms. The quantitative estimate of drug-likeness (QED) is 0.274. The summed E-state index contributed by atoms with van der Waals surface area (Å²) in [6, 6.07) is 0. The van der Waals surface area contributed by atoms with Crippen LogP contribution in [-0.4, -0.2) is 24.6 Å². The standard InChI is InChI=1S/C34H54O4/c1-21(2)24-12-15-31(7)18-19-34(20-37-22(3)35)25(29(24)31)10-11-27-32(8)16-14-28(38-23(4)36)30(5,6)26(32)13-17-33(27,34)9/h24-29H,1,10-20H2,2-9H3/t24-,25-,26-,27+,28+,29+,31+,32-,33+,34-/m0/s1. The van der Waals surface area contributed by atoms with Crippen molar-refractivity contribution in [3.63, 3.8) is 0 Å². The van der Waals surface area contributed by atoms with E-state index in [2.05, 4.69) is 48.1 Å². The fourth-order valence-electron chi connectivity index (χ4n) is 12.2. The van der Waals surface area contributed by atoms with Crippen LogP contribution in [0.4, 0.5) is 0 Å². The molecule has 0 aromatic rings. The average molecular weight is 527 g/mol. The van der Waals surface area contributed by atoms with Crippen molar-refractivity contribution in [3.8, 4) is 0 Å². The second kappa shape index (κ2) is 9.10. The largest absolute Gasteiger partial charge is 0.465 e. The van der Waals surface area contributed by atoms with E-state index in [4.69, 9.17) is 9.47 Å². The molecule has 5 saturated carbocycles. The van der Waals surface area contributed by atoms with E-state index in [0.29, 0.717) is 41.6 Å². The Bertz CT molecular complexity index is 998. The van der Waals surface area contributed by atoms with Crippen molar-refractivity contribution in [1.29, 1.82) is 0 Å². The summed E-state index contributed by atoms with van der Waals surface area (Å²) in [5, 5.41) is 0. The molecule has 10 atom stereocenters. The number of hydrogen-bond donors (Lipinski definition) is 0. The van der Waals surface area contributed by atoms with E-state index in [9.17, 15) is 9.59 Å². The monoisotopic (exact) mass is 526 g/mol. The molecule has 0 unspecified atom stereocenters. The Morgan fingerprint density at radius 3 is 2.13 bits per heavy atom. The molecule has 0 aliphatic heterocycles. The van der Waals surface area contributed by atoms with Gasteiger partial charge in [0.2, 0.25) is 0 Å². The Labute approximate surface area is 232 Å². The molecule has 5 aliphatic rings. The maximum absolute atomic E-state index is 12.3. The minimum atomic E-state index is -0.151. The Morgan fingerprint density at radius 1 is 0.789 bits per heavy atom. The van der Waals surface area contributed by atoms with Crippen LogP contribution in [0.5, 0.6) is 0 Å². The van der Waals surface area contributed by atoms with Crippen LogP contribution < -0.4 is 0 Å². The Hall–Kier alpha value is -1.32. The number of hydrogen-bond acceptors (Lipinski definition) is 4. The second-order valence-electron chi connectivity index (χ2n) is 15.8. The van der Waals surface area contributed by atoms with Gasteiger partial charge in [0.1, 0.15) is 6.10 Å². The number of fused-ring (bicyclic) bond motifs is 7. The lowest BCUT2D eigenvalue weighted by atomic mass is 9.32. The van der Waals surface area contributed by atoms with Gasteiger partial charge in [0.05, 0.1) is 6.61 Å². The van der Waals surface area contributed by atoms with Gasteiger partial charge in [-0.15, -0.1) is 0 Å². The van der Waals surface area contributed by atoms with Crippen LogP contribution in [0.15, 0.2) is 12.2 Å². The lowest BCUT2D eigenvalue weighted by Gasteiger charge is -2.73. The van der Waals surface area contributed by atoms with Gasteiger partial charge in [0.15, 0.2) is 0 Å². The van der Waals surface area contributed by atoms with Gasteiger partial charge >= 0.3 is 11.9 Å². The zero-order valence-corrected chi connectivity index (χ0v) is 25.6. The van der Waals surface area contributed by atoms with Crippen molar-refractivity contribution < 1.29 is 19.1 Å². The van der Waals surface area contributed by atoms with Crippen molar-refractivity contribution in [2.24, 2.45) is 56.7 Å². The summed E-state index contributed by atoms with van der Waals surface area (Å²) in [5.74, 6) is 2.64. The minimum absolute atomic E-state index is 0.000946. The summed E-state index contributed by atoms with van der Waals surface area (Å²) >= 11 is 0. The van der Waals surface area contributed by atoms with Gasteiger partial charge < -0.3 is 9.47 Å². The molecule has 0 bridgehead atoms. The van der Waals surface area contributed by atoms with Crippen LogP contribution in [0, 0.1) is 56.7 Å². The highest BCUT2D eigenvalue weighted by Crippen LogP contribution is 2.77. The summed E-state index contributed by atoms with van der Waals surface area (Å²) in [6.45, 7) is 22.9. The number of carbonyl (C=O) groups excluding carboxylic acids is 2. The molecule has 0 amide bonds. The molecule has 5 rings (SSSR count). The van der Waals surface area contributed by atoms with Gasteiger partial charge in [0.25, 0.3) is 0 Å². The predicted octanol–water partition coefficient (Wildman–Crippen LogP) is 8.14. The Kier molecular flexibility index (Phi) is 6.76. The molecule has 0 spiro atoms. The predicted molar refractivity (Wildman–Crippen MR) is 151 cm³/mol. The molecule has 0 radical (unpaired) electrons. The van der Waals surface area contributed by atoms with Gasteiger partial charge in [-0.05, 0) is 117 Å². The minimum Gasteiger partial charge on any atom is -0.465 e. The third-order valence-corrected chi connectivity index (χ3v) is 13.9. The van der Waals surface area contributed by atoms with Crippen molar-refractivity contribution in [2.45, 2.75) is 126 Å². The molecule has 4 heteroatoms. The van der Waals surface area contributed by atoms with Crippen molar-refractivity contribution in [2.75, 3.05) is 6.61 Å². The number of rotatable bonds is 4. The summed E-state index contributed by atoms with van der Waals surface area (Å²) in [4.78, 5) is 24.3. The number of esters is 2. The Morgan fingerprint density at radius 2 is 1.50 bits per heavy atom. The number of allylic oxidation sites excluding steroid dienone is 1. The van der Waals surface area contributed by atoms with Crippen LogP contribution in [0.1, 0.15) is 120 Å². The highest BCUT2D eigenvalue weighted by Gasteiger charge is 2.72. The molecule has 0 aromatic carbocycles. The summed E-state index contributed by atoms with van der Waals surface area (Å²) in [6.07, 6.45) is 11.9. The second-order valence-corrected chi connectivity index (χ2v) is 15.8. The van der Waals surface area contributed by atoms with E-state index in [0.717, 1.165) is 19.3 Å². The lowest BCUT2D eigenvalue weighted by molar-refractivity contribution is -0.264. The fraction of sp³-hybridized carbons (Fsp3) is 0.882. The normalized spacial score (nSPS) is 49.1. The third-order valence-electron chi connectivity index (χ3n) is 13.9. The summed E-state index contributed by atoms with van der Waals surface area (Å²) in [5.41, 5.74) is 2.05. The molecule has 0 N–H and O–H groups in total. The molecule has 5 fully saturated rings. The van der Waals surface area contributed by atoms with E-state index in [1.165, 1.54) is 50.5 Å². The van der Waals surface area contributed by atoms with Crippen molar-refractivity contribution in [1.82, 2.24) is 0 Å². The number of ether oxygens (including phenoxy) is 2. The molecular formula is C34H54O4. The molecular weight excluding hydrogens is 472 g/mol. The van der Waals surface area contributed by atoms with Gasteiger partial charge in [-0.3, -0.25) is 9.59 Å². The van der Waals surface area contributed by atoms with E-state index in [-0.39, 0.29) is 39.7 Å². The van der Waals surface area contributed by atoms with E-state index in [1.807, 2.05) is 0 Å². The van der Waals surface area contributed by atoms with Gasteiger partial charge in [-0.2, -0.15) is 0 Å². The van der Waals surface area contributed by atoms with E-state index < -0.39 is 0 Å². The average Bonchev–Trinajstić information content (AvgIpc) is 3.17. The van der Waals surface area contributed by atoms with Gasteiger partial charge in [-0.1, -0.05) is 46.8 Å². The molecule has 4 nitrogen and oxygen atoms in total. The Balaban J connectivity index is 1.57. The van der Waals surface area contributed by atoms with Crippen LogP contribution in [-0.2, 0) is 19.1 Å². The number of carbonyl (C=O) groups is 2. The maximum atomic E-state index is 12.3. The topological polar surface area (TPSA) is 52.6 Å².